The zero-order chi connectivity index (χ0) is 9.80. The lowest BCUT2D eigenvalue weighted by Crippen LogP contribution is -2.35. The summed E-state index contributed by atoms with van der Waals surface area (Å²) in [5, 5.41) is 12.5. The Morgan fingerprint density at radius 2 is 2.21 bits per heavy atom. The van der Waals surface area contributed by atoms with Crippen LogP contribution in [0.5, 0.6) is 0 Å². The summed E-state index contributed by atoms with van der Waals surface area (Å²) >= 11 is 0. The summed E-state index contributed by atoms with van der Waals surface area (Å²) in [6.45, 7) is 3.24. The molecule has 1 aliphatic carbocycles. The molecule has 1 aliphatic heterocycles. The minimum Gasteiger partial charge on any atom is -0.396 e. The molecule has 2 rings (SSSR count). The lowest BCUT2D eigenvalue weighted by atomic mass is 10.1. The highest BCUT2D eigenvalue weighted by atomic mass is 16.5. The molecule has 2 N–H and O–H groups in total. The molecule has 0 bridgehead atoms. The van der Waals surface area contributed by atoms with E-state index in [1.807, 2.05) is 0 Å². The van der Waals surface area contributed by atoms with Gasteiger partial charge < -0.3 is 15.2 Å². The number of hydrogen-bond acceptors (Lipinski definition) is 3. The van der Waals surface area contributed by atoms with E-state index in [0.29, 0.717) is 18.6 Å². The van der Waals surface area contributed by atoms with Gasteiger partial charge in [0.15, 0.2) is 0 Å². The van der Waals surface area contributed by atoms with Crippen molar-refractivity contribution in [1.29, 1.82) is 0 Å². The van der Waals surface area contributed by atoms with Gasteiger partial charge >= 0.3 is 0 Å². The average Bonchev–Trinajstić information content (AvgIpc) is 2.90. The van der Waals surface area contributed by atoms with E-state index < -0.39 is 0 Å². The van der Waals surface area contributed by atoms with Crippen LogP contribution in [0, 0.1) is 11.8 Å². The Bertz CT molecular complexity index is 165. The summed E-state index contributed by atoms with van der Waals surface area (Å²) in [6.07, 6.45) is 4.80. The third-order valence-corrected chi connectivity index (χ3v) is 3.32. The zero-order valence-electron chi connectivity index (χ0n) is 8.74. The highest BCUT2D eigenvalue weighted by molar-refractivity contribution is 4.86. The van der Waals surface area contributed by atoms with Crippen molar-refractivity contribution in [2.24, 2.45) is 11.8 Å². The Balaban J connectivity index is 1.65. The standard InChI is InChI=1S/C11H21NO2/c13-5-3-11(10-1-2-10)12-7-9-4-6-14-8-9/h9-13H,1-8H2. The second-order valence-corrected chi connectivity index (χ2v) is 4.59. The van der Waals surface area contributed by atoms with Crippen LogP contribution in [0.4, 0.5) is 0 Å². The lowest BCUT2D eigenvalue weighted by Gasteiger charge is -2.19. The molecular weight excluding hydrogens is 178 g/mol. The molecule has 0 aromatic heterocycles. The van der Waals surface area contributed by atoms with Gasteiger partial charge in [0.1, 0.15) is 0 Å². The predicted octanol–water partition coefficient (Wildman–Crippen LogP) is 0.773. The van der Waals surface area contributed by atoms with E-state index in [2.05, 4.69) is 5.32 Å². The van der Waals surface area contributed by atoms with Crippen LogP contribution in [0.1, 0.15) is 25.7 Å². The van der Waals surface area contributed by atoms with Gasteiger partial charge in [-0.15, -0.1) is 0 Å². The molecular formula is C11H21NO2. The molecule has 2 fully saturated rings. The maximum atomic E-state index is 8.94. The Morgan fingerprint density at radius 3 is 2.79 bits per heavy atom. The number of nitrogens with one attached hydrogen (secondary N) is 1. The van der Waals surface area contributed by atoms with Crippen molar-refractivity contribution >= 4 is 0 Å². The lowest BCUT2D eigenvalue weighted by molar-refractivity contribution is 0.183. The van der Waals surface area contributed by atoms with E-state index in [9.17, 15) is 0 Å². The van der Waals surface area contributed by atoms with E-state index in [4.69, 9.17) is 9.84 Å². The minimum absolute atomic E-state index is 0.315. The Kier molecular flexibility index (Phi) is 3.79. The highest BCUT2D eigenvalue weighted by Crippen LogP contribution is 2.34. The number of aliphatic hydroxyl groups is 1. The smallest absolute Gasteiger partial charge is 0.0507 e. The Labute approximate surface area is 85.8 Å². The van der Waals surface area contributed by atoms with Crippen molar-refractivity contribution in [3.05, 3.63) is 0 Å². The normalized spacial score (nSPS) is 29.4. The first-order valence-electron chi connectivity index (χ1n) is 5.82. The fraction of sp³-hybridized carbons (Fsp3) is 1.00. The topological polar surface area (TPSA) is 41.5 Å². The van der Waals surface area contributed by atoms with Gasteiger partial charge in [0, 0.05) is 25.8 Å². The molecule has 82 valence electrons. The van der Waals surface area contributed by atoms with Crippen LogP contribution < -0.4 is 5.32 Å². The van der Waals surface area contributed by atoms with E-state index in [0.717, 1.165) is 32.1 Å². The molecule has 1 heterocycles. The maximum absolute atomic E-state index is 8.94. The third kappa shape index (κ3) is 2.94. The molecule has 2 unspecified atom stereocenters. The molecule has 1 saturated heterocycles. The van der Waals surface area contributed by atoms with Crippen molar-refractivity contribution in [3.8, 4) is 0 Å². The summed E-state index contributed by atoms with van der Waals surface area (Å²) < 4.78 is 5.34. The van der Waals surface area contributed by atoms with Crippen LogP contribution in [0.15, 0.2) is 0 Å². The van der Waals surface area contributed by atoms with Crippen LogP contribution >= 0.6 is 0 Å². The van der Waals surface area contributed by atoms with Gasteiger partial charge in [0.2, 0.25) is 0 Å². The van der Waals surface area contributed by atoms with Gasteiger partial charge in [-0.25, -0.2) is 0 Å². The molecule has 2 atom stereocenters. The second kappa shape index (κ2) is 5.10. The van der Waals surface area contributed by atoms with E-state index >= 15 is 0 Å². The fourth-order valence-corrected chi connectivity index (χ4v) is 2.20. The third-order valence-electron chi connectivity index (χ3n) is 3.32. The SMILES string of the molecule is OCCC(NCC1CCOC1)C1CC1. The van der Waals surface area contributed by atoms with Crippen LogP contribution in [-0.4, -0.2) is 37.5 Å². The van der Waals surface area contributed by atoms with Crippen molar-refractivity contribution in [2.75, 3.05) is 26.4 Å². The first-order valence-corrected chi connectivity index (χ1v) is 5.82. The predicted molar refractivity (Wildman–Crippen MR) is 55.1 cm³/mol. The molecule has 2 aliphatic rings. The van der Waals surface area contributed by atoms with Crippen LogP contribution in [0.3, 0.4) is 0 Å². The van der Waals surface area contributed by atoms with Gasteiger partial charge in [0.25, 0.3) is 0 Å². The molecule has 0 radical (unpaired) electrons. The quantitative estimate of drug-likeness (QED) is 0.664. The van der Waals surface area contributed by atoms with E-state index in [-0.39, 0.29) is 0 Å². The van der Waals surface area contributed by atoms with Crippen LogP contribution in [-0.2, 0) is 4.74 Å². The summed E-state index contributed by atoms with van der Waals surface area (Å²) in [6, 6.07) is 0.556. The first-order chi connectivity index (χ1) is 6.90. The van der Waals surface area contributed by atoms with Gasteiger partial charge in [-0.1, -0.05) is 0 Å². The molecule has 3 heteroatoms. The molecule has 0 aromatic rings. The van der Waals surface area contributed by atoms with E-state index in [1.54, 1.807) is 0 Å². The molecule has 1 saturated carbocycles. The maximum Gasteiger partial charge on any atom is 0.0507 e. The minimum atomic E-state index is 0.315. The number of rotatable bonds is 6. The van der Waals surface area contributed by atoms with Crippen molar-refractivity contribution < 1.29 is 9.84 Å². The number of aliphatic hydroxyl groups excluding tert-OH is 1. The van der Waals surface area contributed by atoms with Crippen LogP contribution in [0.2, 0.25) is 0 Å². The highest BCUT2D eigenvalue weighted by Gasteiger charge is 2.31. The molecule has 0 spiro atoms. The largest absolute Gasteiger partial charge is 0.396 e. The molecule has 14 heavy (non-hydrogen) atoms. The summed E-state index contributed by atoms with van der Waals surface area (Å²) in [5.74, 6) is 1.54. The van der Waals surface area contributed by atoms with Gasteiger partial charge in [-0.05, 0) is 37.5 Å². The van der Waals surface area contributed by atoms with Gasteiger partial charge in [-0.2, -0.15) is 0 Å². The number of hydrogen-bond donors (Lipinski definition) is 2. The van der Waals surface area contributed by atoms with Gasteiger partial charge in [0.05, 0.1) is 6.61 Å². The zero-order valence-corrected chi connectivity index (χ0v) is 8.74. The van der Waals surface area contributed by atoms with Crippen LogP contribution in [0.25, 0.3) is 0 Å². The fourth-order valence-electron chi connectivity index (χ4n) is 2.20. The average molecular weight is 199 g/mol. The van der Waals surface area contributed by atoms with E-state index in [1.165, 1.54) is 19.3 Å². The molecule has 0 aromatic carbocycles. The van der Waals surface area contributed by atoms with Crippen molar-refractivity contribution in [3.63, 3.8) is 0 Å². The molecule has 3 nitrogen and oxygen atoms in total. The molecule has 0 amide bonds. The summed E-state index contributed by atoms with van der Waals surface area (Å²) in [4.78, 5) is 0. The Morgan fingerprint density at radius 1 is 1.36 bits per heavy atom. The Hall–Kier alpha value is -0.120. The number of ether oxygens (including phenoxy) is 1. The summed E-state index contributed by atoms with van der Waals surface area (Å²) in [5.41, 5.74) is 0. The van der Waals surface area contributed by atoms with Crippen molar-refractivity contribution in [2.45, 2.75) is 31.7 Å². The first kappa shape index (κ1) is 10.4. The second-order valence-electron chi connectivity index (χ2n) is 4.59. The summed E-state index contributed by atoms with van der Waals surface area (Å²) in [7, 11) is 0. The monoisotopic (exact) mass is 199 g/mol. The van der Waals surface area contributed by atoms with Gasteiger partial charge in [-0.3, -0.25) is 0 Å². The van der Waals surface area contributed by atoms with Crippen molar-refractivity contribution in [1.82, 2.24) is 5.32 Å².